The molecule has 1 aromatic carbocycles. The number of ether oxygens (including phenoxy) is 1. The molecule has 1 aliphatic heterocycles. The molecule has 0 radical (unpaired) electrons. The van der Waals surface area contributed by atoms with Crippen molar-refractivity contribution in [1.29, 1.82) is 0 Å². The van der Waals surface area contributed by atoms with Crippen molar-refractivity contribution < 1.29 is 17.9 Å². The van der Waals surface area contributed by atoms with E-state index in [1.165, 1.54) is 12.1 Å². The Kier molecular flexibility index (Phi) is 7.14. The van der Waals surface area contributed by atoms with Crippen LogP contribution in [0.15, 0.2) is 23.2 Å². The maximum atomic E-state index is 13.5. The Morgan fingerprint density at radius 3 is 2.58 bits per heavy atom. The molecule has 8 heteroatoms. The fraction of sp³-hybridized carbons (Fsp3) is 0.611. The van der Waals surface area contributed by atoms with Gasteiger partial charge in [0.2, 0.25) is 0 Å². The Balaban J connectivity index is 2.16. The minimum Gasteiger partial charge on any atom is -0.378 e. The minimum atomic E-state index is -4.41. The number of nitrogens with one attached hydrogen (secondary N) is 2. The summed E-state index contributed by atoms with van der Waals surface area (Å²) in [5.41, 5.74) is 0.154. The van der Waals surface area contributed by atoms with Crippen LogP contribution in [-0.2, 0) is 17.5 Å². The van der Waals surface area contributed by atoms with Crippen LogP contribution in [0.5, 0.6) is 0 Å². The van der Waals surface area contributed by atoms with Crippen molar-refractivity contribution in [2.75, 3.05) is 38.3 Å². The van der Waals surface area contributed by atoms with Gasteiger partial charge >= 0.3 is 6.18 Å². The summed E-state index contributed by atoms with van der Waals surface area (Å²) >= 11 is 0. The summed E-state index contributed by atoms with van der Waals surface area (Å²) in [6.07, 6.45) is -3.52. The number of guanidine groups is 1. The van der Waals surface area contributed by atoms with Crippen LogP contribution < -0.4 is 15.5 Å². The van der Waals surface area contributed by atoms with E-state index < -0.39 is 11.7 Å². The van der Waals surface area contributed by atoms with Crippen LogP contribution in [0.25, 0.3) is 0 Å². The van der Waals surface area contributed by atoms with Crippen LogP contribution in [0.2, 0.25) is 0 Å². The number of rotatable bonds is 5. The summed E-state index contributed by atoms with van der Waals surface area (Å²) in [6, 6.07) is 4.69. The first-order valence-corrected chi connectivity index (χ1v) is 8.85. The molecule has 0 aliphatic carbocycles. The van der Waals surface area contributed by atoms with Gasteiger partial charge in [-0.05, 0) is 31.0 Å². The zero-order valence-electron chi connectivity index (χ0n) is 15.5. The number of aliphatic imine (C=N–C) groups is 1. The van der Waals surface area contributed by atoms with Gasteiger partial charge < -0.3 is 20.3 Å². The second-order valence-electron chi connectivity index (χ2n) is 6.32. The highest BCUT2D eigenvalue weighted by atomic mass is 19.4. The highest BCUT2D eigenvalue weighted by Crippen LogP contribution is 2.35. The summed E-state index contributed by atoms with van der Waals surface area (Å²) in [6.45, 7) is 6.32. The van der Waals surface area contributed by atoms with Gasteiger partial charge in [-0.25, -0.2) is 0 Å². The predicted octanol–water partition coefficient (Wildman–Crippen LogP) is 3.01. The summed E-state index contributed by atoms with van der Waals surface area (Å²) in [5.74, 6) is 0.490. The number of hydrogen-bond acceptors (Lipinski definition) is 3. The van der Waals surface area contributed by atoms with Crippen LogP contribution in [0.4, 0.5) is 18.9 Å². The fourth-order valence-electron chi connectivity index (χ4n) is 2.71. The normalized spacial score (nSPS) is 17.2. The second-order valence-corrected chi connectivity index (χ2v) is 6.32. The number of anilines is 1. The fourth-order valence-corrected chi connectivity index (χ4v) is 2.71. The number of benzene rings is 1. The highest BCUT2D eigenvalue weighted by Gasteiger charge is 2.34. The van der Waals surface area contributed by atoms with Crippen molar-refractivity contribution in [2.45, 2.75) is 39.0 Å². The molecule has 1 aliphatic rings. The average molecular weight is 372 g/mol. The zero-order chi connectivity index (χ0) is 19.2. The number of hydrogen-bond donors (Lipinski definition) is 2. The van der Waals surface area contributed by atoms with Crippen LogP contribution in [0.1, 0.15) is 31.4 Å². The number of morpholine rings is 1. The summed E-state index contributed by atoms with van der Waals surface area (Å²) in [7, 11) is 1.60. The van der Waals surface area contributed by atoms with Gasteiger partial charge in [0.1, 0.15) is 0 Å². The number of nitrogens with zero attached hydrogens (tertiary/aromatic N) is 2. The first-order valence-electron chi connectivity index (χ1n) is 8.85. The Labute approximate surface area is 152 Å². The third-order valence-electron chi connectivity index (χ3n) is 4.44. The quantitative estimate of drug-likeness (QED) is 0.616. The molecule has 1 fully saturated rings. The lowest BCUT2D eigenvalue weighted by Crippen LogP contribution is -2.41. The molecule has 1 saturated heterocycles. The molecule has 26 heavy (non-hydrogen) atoms. The van der Waals surface area contributed by atoms with E-state index in [9.17, 15) is 13.2 Å². The maximum Gasteiger partial charge on any atom is 0.416 e. The first kappa shape index (κ1) is 20.4. The molecule has 1 aromatic rings. The lowest BCUT2D eigenvalue weighted by Gasteiger charge is -2.30. The highest BCUT2D eigenvalue weighted by molar-refractivity contribution is 5.80. The summed E-state index contributed by atoms with van der Waals surface area (Å²) in [4.78, 5) is 5.98. The molecule has 0 saturated carbocycles. The van der Waals surface area contributed by atoms with Crippen molar-refractivity contribution >= 4 is 11.6 Å². The van der Waals surface area contributed by atoms with E-state index in [1.807, 2.05) is 18.7 Å². The first-order chi connectivity index (χ1) is 12.3. The lowest BCUT2D eigenvalue weighted by atomic mass is 10.0. The van der Waals surface area contributed by atoms with Gasteiger partial charge in [0.15, 0.2) is 5.96 Å². The smallest absolute Gasteiger partial charge is 0.378 e. The third-order valence-corrected chi connectivity index (χ3v) is 4.44. The second kappa shape index (κ2) is 9.12. The predicted molar refractivity (Wildman–Crippen MR) is 97.6 cm³/mol. The van der Waals surface area contributed by atoms with Crippen molar-refractivity contribution in [3.05, 3.63) is 29.3 Å². The van der Waals surface area contributed by atoms with Crippen LogP contribution in [0, 0.1) is 0 Å². The van der Waals surface area contributed by atoms with Gasteiger partial charge in [-0.3, -0.25) is 4.99 Å². The Hall–Kier alpha value is -1.96. The number of alkyl halides is 3. The van der Waals surface area contributed by atoms with Crippen molar-refractivity contribution in [3.63, 3.8) is 0 Å². The monoisotopic (exact) mass is 372 g/mol. The molecule has 5 nitrogen and oxygen atoms in total. The van der Waals surface area contributed by atoms with Gasteiger partial charge in [-0.1, -0.05) is 13.0 Å². The van der Waals surface area contributed by atoms with E-state index >= 15 is 0 Å². The summed E-state index contributed by atoms with van der Waals surface area (Å²) in [5, 5.41) is 6.11. The van der Waals surface area contributed by atoms with E-state index in [0.29, 0.717) is 38.0 Å². The van der Waals surface area contributed by atoms with Crippen molar-refractivity contribution in [3.8, 4) is 0 Å². The van der Waals surface area contributed by atoms with Crippen LogP contribution in [0.3, 0.4) is 0 Å². The van der Waals surface area contributed by atoms with Gasteiger partial charge in [-0.15, -0.1) is 0 Å². The van der Waals surface area contributed by atoms with Gasteiger partial charge in [-0.2, -0.15) is 13.2 Å². The third kappa shape index (κ3) is 5.52. The molecular formula is C18H27F3N4O. The van der Waals surface area contributed by atoms with Gasteiger partial charge in [0.25, 0.3) is 0 Å². The molecule has 146 valence electrons. The van der Waals surface area contributed by atoms with E-state index in [0.717, 1.165) is 6.42 Å². The molecule has 1 heterocycles. The average Bonchev–Trinajstić information content (AvgIpc) is 2.64. The molecule has 0 aromatic heterocycles. The summed E-state index contributed by atoms with van der Waals surface area (Å²) < 4.78 is 45.9. The molecule has 2 rings (SSSR count). The maximum absolute atomic E-state index is 13.5. The SMILES string of the molecule is CCC(C)NC(=NC)NCc1ccc(N2CCOCC2)cc1C(F)(F)F. The van der Waals surface area contributed by atoms with E-state index in [4.69, 9.17) is 4.74 Å². The minimum absolute atomic E-state index is 0.0499. The Bertz CT molecular complexity index is 613. The van der Waals surface area contributed by atoms with Crippen molar-refractivity contribution in [1.82, 2.24) is 10.6 Å². The van der Waals surface area contributed by atoms with Crippen LogP contribution in [-0.4, -0.2) is 45.4 Å². The Morgan fingerprint density at radius 2 is 2.00 bits per heavy atom. The molecule has 0 spiro atoms. The zero-order valence-corrected chi connectivity index (χ0v) is 15.5. The largest absolute Gasteiger partial charge is 0.416 e. The van der Waals surface area contributed by atoms with E-state index in [1.54, 1.807) is 13.1 Å². The molecular weight excluding hydrogens is 345 g/mol. The molecule has 1 unspecified atom stereocenters. The van der Waals surface area contributed by atoms with Gasteiger partial charge in [0, 0.05) is 38.4 Å². The molecule has 0 bridgehead atoms. The molecule has 0 amide bonds. The standard InChI is InChI=1S/C18H27F3N4O/c1-4-13(2)24-17(22-3)23-12-14-5-6-15(11-16(14)18(19,20)21)25-7-9-26-10-8-25/h5-6,11,13H,4,7-10,12H2,1-3H3,(H2,22,23,24). The van der Waals surface area contributed by atoms with E-state index in [2.05, 4.69) is 15.6 Å². The van der Waals surface area contributed by atoms with Crippen LogP contribution >= 0.6 is 0 Å². The Morgan fingerprint density at radius 1 is 1.31 bits per heavy atom. The van der Waals surface area contributed by atoms with Gasteiger partial charge in [0.05, 0.1) is 18.8 Å². The number of halogens is 3. The topological polar surface area (TPSA) is 48.9 Å². The van der Waals surface area contributed by atoms with Crippen molar-refractivity contribution in [2.24, 2.45) is 4.99 Å². The molecule has 1 atom stereocenters. The molecule has 2 N–H and O–H groups in total. The lowest BCUT2D eigenvalue weighted by molar-refractivity contribution is -0.138. The van der Waals surface area contributed by atoms with E-state index in [-0.39, 0.29) is 18.2 Å².